The van der Waals surface area contributed by atoms with Crippen LogP contribution >= 0.6 is 0 Å². The number of pyridine rings is 1. The second-order valence-corrected chi connectivity index (χ2v) is 8.73. The molecule has 1 aliphatic rings. The van der Waals surface area contributed by atoms with E-state index in [4.69, 9.17) is 0 Å². The Morgan fingerprint density at radius 2 is 1.91 bits per heavy atom. The molecule has 1 atom stereocenters. The Bertz CT molecular complexity index is 1080. The van der Waals surface area contributed by atoms with Crippen LogP contribution < -0.4 is 4.90 Å². The van der Waals surface area contributed by atoms with Crippen LogP contribution in [0.2, 0.25) is 0 Å². The van der Waals surface area contributed by atoms with Crippen LogP contribution in [0.5, 0.6) is 0 Å². The Morgan fingerprint density at radius 1 is 1.09 bits per heavy atom. The summed E-state index contributed by atoms with van der Waals surface area (Å²) in [5, 5.41) is 4.35. The molecule has 1 aromatic carbocycles. The van der Waals surface area contributed by atoms with Gasteiger partial charge in [-0.25, -0.2) is 13.3 Å². The van der Waals surface area contributed by atoms with E-state index in [-0.39, 0.29) is 17.6 Å². The van der Waals surface area contributed by atoms with Crippen LogP contribution in [0.25, 0.3) is 5.52 Å². The number of benzene rings is 1. The van der Waals surface area contributed by atoms with Gasteiger partial charge >= 0.3 is 0 Å². The quantitative estimate of drug-likeness (QED) is 0.255. The van der Waals surface area contributed by atoms with Gasteiger partial charge in [0.25, 0.3) is 0 Å². The van der Waals surface area contributed by atoms with Gasteiger partial charge in [-0.15, -0.1) is 0 Å². The lowest BCUT2D eigenvalue weighted by Gasteiger charge is -2.27. The minimum absolute atomic E-state index is 0.113. The summed E-state index contributed by atoms with van der Waals surface area (Å²) in [5.74, 6) is -0.701. The number of Topliss-reactive ketones (excluding diaryl/α,β-unsaturated/α-hetero) is 1. The molecule has 6 heteroatoms. The molecule has 0 spiro atoms. The summed E-state index contributed by atoms with van der Waals surface area (Å²) in [6, 6.07) is 7.30. The van der Waals surface area contributed by atoms with E-state index in [0.717, 1.165) is 49.5 Å². The average Bonchev–Trinajstić information content (AvgIpc) is 3.44. The van der Waals surface area contributed by atoms with Crippen molar-refractivity contribution in [2.75, 3.05) is 11.4 Å². The van der Waals surface area contributed by atoms with Gasteiger partial charge in [-0.3, -0.25) is 4.79 Å². The minimum atomic E-state index is -0.429. The number of carbonyl (C=O) groups excluding carboxylic acids is 1. The van der Waals surface area contributed by atoms with Crippen LogP contribution in [-0.4, -0.2) is 21.9 Å². The van der Waals surface area contributed by atoms with Crippen molar-refractivity contribution in [3.8, 4) is 0 Å². The highest BCUT2D eigenvalue weighted by Gasteiger charge is 2.29. The summed E-state index contributed by atoms with van der Waals surface area (Å²) in [4.78, 5) is 15.0. The summed E-state index contributed by atoms with van der Waals surface area (Å²) in [6.45, 7) is 2.95. The summed E-state index contributed by atoms with van der Waals surface area (Å²) in [7, 11) is 0. The topological polar surface area (TPSA) is 37.6 Å². The molecule has 0 unspecified atom stereocenters. The van der Waals surface area contributed by atoms with Crippen LogP contribution in [0.3, 0.4) is 0 Å². The van der Waals surface area contributed by atoms with Crippen molar-refractivity contribution in [1.29, 1.82) is 0 Å². The van der Waals surface area contributed by atoms with E-state index < -0.39 is 5.82 Å². The fourth-order valence-electron chi connectivity index (χ4n) is 4.73. The van der Waals surface area contributed by atoms with Gasteiger partial charge < -0.3 is 4.90 Å². The predicted octanol–water partition coefficient (Wildman–Crippen LogP) is 6.89. The first kappa shape index (κ1) is 22.4. The fourth-order valence-corrected chi connectivity index (χ4v) is 4.73. The molecular weight excluding hydrogens is 408 g/mol. The van der Waals surface area contributed by atoms with E-state index in [1.54, 1.807) is 10.7 Å². The molecule has 1 aliphatic heterocycles. The van der Waals surface area contributed by atoms with Crippen LogP contribution in [0.1, 0.15) is 86.7 Å². The maximum absolute atomic E-state index is 14.4. The highest BCUT2D eigenvalue weighted by Crippen LogP contribution is 2.38. The van der Waals surface area contributed by atoms with Gasteiger partial charge in [0.05, 0.1) is 23.3 Å². The van der Waals surface area contributed by atoms with Gasteiger partial charge in [-0.05, 0) is 49.6 Å². The van der Waals surface area contributed by atoms with E-state index >= 15 is 0 Å². The lowest BCUT2D eigenvalue weighted by molar-refractivity contribution is 0.0980. The SMILES string of the molecule is CCCCCCCCC(=O)c1cnn2ccc(N3CCC[C@@H]3c3cc(F)ccc3F)cc12. The molecule has 3 aromatic rings. The molecule has 0 amide bonds. The number of unbranched alkanes of at least 4 members (excludes halogenated alkanes) is 5. The fraction of sp³-hybridized carbons (Fsp3) is 0.462. The van der Waals surface area contributed by atoms with Crippen molar-refractivity contribution in [2.45, 2.75) is 70.8 Å². The monoisotopic (exact) mass is 439 g/mol. The number of aromatic nitrogens is 2. The van der Waals surface area contributed by atoms with Gasteiger partial charge in [-0.1, -0.05) is 39.0 Å². The first-order valence-corrected chi connectivity index (χ1v) is 11.8. The Balaban J connectivity index is 1.52. The molecule has 0 N–H and O–H groups in total. The van der Waals surface area contributed by atoms with Gasteiger partial charge in [-0.2, -0.15) is 5.10 Å². The van der Waals surface area contributed by atoms with E-state index in [1.807, 2.05) is 18.3 Å². The number of ketones is 1. The standard InChI is InChI=1S/C26H31F2N3O/c1-2-3-4-5-6-7-10-26(32)22-18-29-31-15-13-20(17-25(22)31)30-14-8-9-24(30)21-16-19(27)11-12-23(21)28/h11-13,15-18,24H,2-10,14H2,1H3/t24-/m1/s1. The lowest BCUT2D eigenvalue weighted by atomic mass is 10.0. The average molecular weight is 440 g/mol. The molecular formula is C26H31F2N3O. The third-order valence-electron chi connectivity index (χ3n) is 6.46. The van der Waals surface area contributed by atoms with Crippen molar-refractivity contribution in [1.82, 2.24) is 9.61 Å². The molecule has 0 saturated carbocycles. The molecule has 4 nitrogen and oxygen atoms in total. The molecule has 0 bridgehead atoms. The van der Waals surface area contributed by atoms with Gasteiger partial charge in [0.1, 0.15) is 11.6 Å². The van der Waals surface area contributed by atoms with E-state index in [9.17, 15) is 13.6 Å². The van der Waals surface area contributed by atoms with Crippen molar-refractivity contribution < 1.29 is 13.6 Å². The highest BCUT2D eigenvalue weighted by molar-refractivity contribution is 6.02. The van der Waals surface area contributed by atoms with Crippen LogP contribution in [-0.2, 0) is 0 Å². The van der Waals surface area contributed by atoms with Crippen molar-refractivity contribution in [2.24, 2.45) is 0 Å². The third kappa shape index (κ3) is 4.84. The predicted molar refractivity (Wildman–Crippen MR) is 123 cm³/mol. The van der Waals surface area contributed by atoms with Crippen LogP contribution in [0.4, 0.5) is 14.5 Å². The zero-order chi connectivity index (χ0) is 22.5. The lowest BCUT2D eigenvalue weighted by Crippen LogP contribution is -2.23. The van der Waals surface area contributed by atoms with Gasteiger partial charge in [0, 0.05) is 30.4 Å². The van der Waals surface area contributed by atoms with E-state index in [2.05, 4.69) is 16.9 Å². The van der Waals surface area contributed by atoms with Crippen LogP contribution in [0.15, 0.2) is 42.7 Å². The summed E-state index contributed by atoms with van der Waals surface area (Å²) >= 11 is 0. The Kier molecular flexibility index (Phi) is 7.18. The zero-order valence-corrected chi connectivity index (χ0v) is 18.7. The maximum atomic E-state index is 14.4. The van der Waals surface area contributed by atoms with E-state index in [1.165, 1.54) is 37.8 Å². The number of nitrogens with zero attached hydrogens (tertiary/aromatic N) is 3. The van der Waals surface area contributed by atoms with Gasteiger partial charge in [0.15, 0.2) is 5.78 Å². The second kappa shape index (κ2) is 10.2. The number of rotatable bonds is 10. The summed E-state index contributed by atoms with van der Waals surface area (Å²) in [6.07, 6.45) is 12.5. The molecule has 170 valence electrons. The normalized spacial score (nSPS) is 16.2. The largest absolute Gasteiger partial charge is 0.364 e. The zero-order valence-electron chi connectivity index (χ0n) is 18.7. The van der Waals surface area contributed by atoms with Crippen molar-refractivity contribution >= 4 is 17.0 Å². The van der Waals surface area contributed by atoms with Crippen molar-refractivity contribution in [3.63, 3.8) is 0 Å². The summed E-state index contributed by atoms with van der Waals surface area (Å²) in [5.41, 5.74) is 2.69. The van der Waals surface area contributed by atoms with Crippen molar-refractivity contribution in [3.05, 3.63) is 65.5 Å². The number of fused-ring (bicyclic) bond motifs is 1. The van der Waals surface area contributed by atoms with Gasteiger partial charge in [0.2, 0.25) is 0 Å². The number of hydrogen-bond donors (Lipinski definition) is 0. The number of hydrogen-bond acceptors (Lipinski definition) is 3. The molecule has 1 fully saturated rings. The van der Waals surface area contributed by atoms with Crippen LogP contribution in [0, 0.1) is 11.6 Å². The number of halogens is 2. The number of carbonyl (C=O) groups is 1. The first-order valence-electron chi connectivity index (χ1n) is 11.8. The third-order valence-corrected chi connectivity index (χ3v) is 6.46. The Morgan fingerprint density at radius 3 is 2.75 bits per heavy atom. The Labute approximate surface area is 188 Å². The molecule has 2 aromatic heterocycles. The highest BCUT2D eigenvalue weighted by atomic mass is 19.1. The molecule has 3 heterocycles. The molecule has 4 rings (SSSR count). The molecule has 1 saturated heterocycles. The maximum Gasteiger partial charge on any atom is 0.166 e. The summed E-state index contributed by atoms with van der Waals surface area (Å²) < 4.78 is 30.0. The molecule has 0 aliphatic carbocycles. The first-order chi connectivity index (χ1) is 15.6. The smallest absolute Gasteiger partial charge is 0.166 e. The minimum Gasteiger partial charge on any atom is -0.364 e. The number of anilines is 1. The molecule has 32 heavy (non-hydrogen) atoms. The van der Waals surface area contributed by atoms with E-state index in [0.29, 0.717) is 17.5 Å². The molecule has 0 radical (unpaired) electrons. The second-order valence-electron chi connectivity index (χ2n) is 8.73. The Hall–Kier alpha value is -2.76.